The number of carbonyl (C=O) groups is 1. The average molecular weight is 283 g/mol. The summed E-state index contributed by atoms with van der Waals surface area (Å²) in [6.45, 7) is -1.07. The molecule has 8 heteroatoms. The van der Waals surface area contributed by atoms with Gasteiger partial charge >= 0.3 is 6.18 Å². The Labute approximate surface area is 105 Å². The number of aliphatic hydroxyl groups is 1. The van der Waals surface area contributed by atoms with Crippen LogP contribution in [0.3, 0.4) is 0 Å². The van der Waals surface area contributed by atoms with Gasteiger partial charge in [-0.25, -0.2) is 8.78 Å². The fourth-order valence-electron chi connectivity index (χ4n) is 1.25. The van der Waals surface area contributed by atoms with Gasteiger partial charge in [-0.2, -0.15) is 13.2 Å². The first kappa shape index (κ1) is 15.4. The predicted octanol–water partition coefficient (Wildman–Crippen LogP) is 1.55. The maximum absolute atomic E-state index is 13.1. The predicted molar refractivity (Wildman–Crippen MR) is 55.1 cm³/mol. The van der Waals surface area contributed by atoms with E-state index < -0.39 is 48.4 Å². The van der Waals surface area contributed by atoms with Crippen molar-refractivity contribution >= 4 is 5.91 Å². The van der Waals surface area contributed by atoms with Gasteiger partial charge in [0, 0.05) is 5.56 Å². The second kappa shape index (κ2) is 5.96. The fourth-order valence-corrected chi connectivity index (χ4v) is 1.25. The summed E-state index contributed by atoms with van der Waals surface area (Å²) in [6.07, 6.45) is -8.33. The Morgan fingerprint density at radius 1 is 1.26 bits per heavy atom. The lowest BCUT2D eigenvalue weighted by atomic mass is 10.1. The second-order valence-corrected chi connectivity index (χ2v) is 3.74. The molecule has 0 aromatic heterocycles. The molecule has 0 saturated carbocycles. The van der Waals surface area contributed by atoms with Gasteiger partial charge in [-0.05, 0) is 12.1 Å². The lowest BCUT2D eigenvalue weighted by Gasteiger charge is -2.15. The number of amides is 1. The smallest absolute Gasteiger partial charge is 0.382 e. The molecule has 1 aromatic carbocycles. The number of nitrogens with one attached hydrogen (secondary N) is 1. The number of alkyl halides is 3. The minimum atomic E-state index is -4.86. The van der Waals surface area contributed by atoms with Crippen molar-refractivity contribution in [2.75, 3.05) is 6.54 Å². The van der Waals surface area contributed by atoms with Gasteiger partial charge in [0.25, 0.3) is 0 Å². The van der Waals surface area contributed by atoms with Crippen LogP contribution in [0.5, 0.6) is 0 Å². The summed E-state index contributed by atoms with van der Waals surface area (Å²) in [4.78, 5) is 11.2. The van der Waals surface area contributed by atoms with Gasteiger partial charge in [0.15, 0.2) is 6.10 Å². The normalized spacial score (nSPS) is 13.2. The molecule has 0 aliphatic rings. The van der Waals surface area contributed by atoms with Crippen molar-refractivity contribution in [2.24, 2.45) is 0 Å². The fraction of sp³-hybridized carbons (Fsp3) is 0.364. The van der Waals surface area contributed by atoms with Crippen molar-refractivity contribution in [1.29, 1.82) is 0 Å². The molecule has 19 heavy (non-hydrogen) atoms. The number of aliphatic hydroxyl groups excluding tert-OH is 1. The van der Waals surface area contributed by atoms with Gasteiger partial charge in [0.05, 0.1) is 13.0 Å². The van der Waals surface area contributed by atoms with Gasteiger partial charge in [-0.15, -0.1) is 0 Å². The molecule has 1 rings (SSSR count). The Morgan fingerprint density at radius 2 is 1.79 bits per heavy atom. The molecule has 1 amide bonds. The maximum Gasteiger partial charge on any atom is 0.416 e. The van der Waals surface area contributed by atoms with Crippen molar-refractivity contribution in [2.45, 2.75) is 18.7 Å². The van der Waals surface area contributed by atoms with E-state index in [1.807, 2.05) is 0 Å². The molecule has 0 bridgehead atoms. The summed E-state index contributed by atoms with van der Waals surface area (Å²) in [5, 5.41) is 10.4. The third-order valence-electron chi connectivity index (χ3n) is 2.27. The Bertz CT molecular complexity index is 441. The van der Waals surface area contributed by atoms with Crippen molar-refractivity contribution in [1.82, 2.24) is 5.32 Å². The van der Waals surface area contributed by atoms with Crippen LogP contribution in [0, 0.1) is 11.6 Å². The number of rotatable bonds is 4. The van der Waals surface area contributed by atoms with Crippen LogP contribution in [0.2, 0.25) is 0 Å². The number of carbonyl (C=O) groups excluding carboxylic acids is 1. The third kappa shape index (κ3) is 4.47. The average Bonchev–Trinajstić information content (AvgIpc) is 2.29. The highest BCUT2D eigenvalue weighted by atomic mass is 19.4. The highest BCUT2D eigenvalue weighted by Crippen LogP contribution is 2.19. The molecule has 0 saturated heterocycles. The van der Waals surface area contributed by atoms with E-state index in [4.69, 9.17) is 5.11 Å². The molecule has 0 aliphatic heterocycles. The first-order valence-corrected chi connectivity index (χ1v) is 5.16. The Balaban J connectivity index is 2.57. The first-order chi connectivity index (χ1) is 8.71. The van der Waals surface area contributed by atoms with E-state index in [0.29, 0.717) is 0 Å². The topological polar surface area (TPSA) is 49.3 Å². The summed E-state index contributed by atoms with van der Waals surface area (Å²) in [6, 6.07) is 2.95. The van der Waals surface area contributed by atoms with Gasteiger partial charge in [0.1, 0.15) is 11.6 Å². The third-order valence-corrected chi connectivity index (χ3v) is 2.27. The molecule has 0 radical (unpaired) electrons. The zero-order valence-electron chi connectivity index (χ0n) is 9.47. The molecule has 0 aliphatic carbocycles. The highest BCUT2D eigenvalue weighted by Gasteiger charge is 2.38. The zero-order chi connectivity index (χ0) is 14.6. The molecule has 1 unspecified atom stereocenters. The molecule has 1 atom stereocenters. The maximum atomic E-state index is 13.1. The molecule has 106 valence electrons. The van der Waals surface area contributed by atoms with Crippen LogP contribution in [0.1, 0.15) is 5.56 Å². The van der Waals surface area contributed by atoms with Crippen LogP contribution in [0.15, 0.2) is 18.2 Å². The van der Waals surface area contributed by atoms with Crippen LogP contribution >= 0.6 is 0 Å². The minimum absolute atomic E-state index is 0.540. The minimum Gasteiger partial charge on any atom is -0.382 e. The molecular formula is C11H10F5NO2. The molecule has 0 fully saturated rings. The van der Waals surface area contributed by atoms with E-state index >= 15 is 0 Å². The number of hydrogen-bond acceptors (Lipinski definition) is 2. The monoisotopic (exact) mass is 283 g/mol. The van der Waals surface area contributed by atoms with Crippen molar-refractivity contribution in [3.05, 3.63) is 35.4 Å². The van der Waals surface area contributed by atoms with Crippen LogP contribution in [0.4, 0.5) is 22.0 Å². The number of halogens is 5. The van der Waals surface area contributed by atoms with Crippen molar-refractivity contribution in [3.8, 4) is 0 Å². The first-order valence-electron chi connectivity index (χ1n) is 5.16. The highest BCUT2D eigenvalue weighted by molar-refractivity contribution is 5.78. The second-order valence-electron chi connectivity index (χ2n) is 3.74. The summed E-state index contributed by atoms with van der Waals surface area (Å²) in [7, 11) is 0. The lowest BCUT2D eigenvalue weighted by Crippen LogP contribution is -2.41. The standard InChI is InChI=1S/C11H10F5NO2/c12-7-2-1-3-8(13)6(7)4-10(19)17-5-9(18)11(14,15)16/h1-3,9,18H,4-5H2,(H,17,19). The molecule has 0 spiro atoms. The summed E-state index contributed by atoms with van der Waals surface area (Å²) >= 11 is 0. The van der Waals surface area contributed by atoms with E-state index in [9.17, 15) is 26.7 Å². The molecule has 2 N–H and O–H groups in total. The van der Waals surface area contributed by atoms with Crippen molar-refractivity contribution in [3.63, 3.8) is 0 Å². The van der Waals surface area contributed by atoms with Crippen LogP contribution in [0.25, 0.3) is 0 Å². The van der Waals surface area contributed by atoms with E-state index in [0.717, 1.165) is 18.2 Å². The summed E-state index contributed by atoms with van der Waals surface area (Å²) in [5.41, 5.74) is -0.540. The van der Waals surface area contributed by atoms with Gasteiger partial charge in [-0.1, -0.05) is 6.07 Å². The summed E-state index contributed by atoms with van der Waals surface area (Å²) in [5.74, 6) is -2.95. The molecule has 1 aromatic rings. The lowest BCUT2D eigenvalue weighted by molar-refractivity contribution is -0.201. The largest absolute Gasteiger partial charge is 0.416 e. The molecular weight excluding hydrogens is 273 g/mol. The Morgan fingerprint density at radius 3 is 2.26 bits per heavy atom. The molecule has 3 nitrogen and oxygen atoms in total. The van der Waals surface area contributed by atoms with E-state index in [2.05, 4.69) is 0 Å². The van der Waals surface area contributed by atoms with Gasteiger partial charge in [-0.3, -0.25) is 4.79 Å². The number of hydrogen-bond donors (Lipinski definition) is 2. The van der Waals surface area contributed by atoms with E-state index in [-0.39, 0.29) is 0 Å². The van der Waals surface area contributed by atoms with Crippen LogP contribution in [-0.4, -0.2) is 29.8 Å². The van der Waals surface area contributed by atoms with Gasteiger partial charge < -0.3 is 10.4 Å². The van der Waals surface area contributed by atoms with Crippen LogP contribution in [-0.2, 0) is 11.2 Å². The van der Waals surface area contributed by atoms with E-state index in [1.54, 1.807) is 5.32 Å². The Kier molecular flexibility index (Phi) is 4.82. The quantitative estimate of drug-likeness (QED) is 0.824. The Hall–Kier alpha value is -1.70. The SMILES string of the molecule is O=C(Cc1c(F)cccc1F)NCC(O)C(F)(F)F. The zero-order valence-corrected chi connectivity index (χ0v) is 9.47. The van der Waals surface area contributed by atoms with Crippen molar-refractivity contribution < 1.29 is 31.9 Å². The summed E-state index contributed by atoms with van der Waals surface area (Å²) < 4.78 is 62.1. The van der Waals surface area contributed by atoms with E-state index in [1.165, 1.54) is 0 Å². The number of benzene rings is 1. The molecule has 0 heterocycles. The van der Waals surface area contributed by atoms with Gasteiger partial charge in [0.2, 0.25) is 5.91 Å². The van der Waals surface area contributed by atoms with Crippen LogP contribution < -0.4 is 5.32 Å².